The average Bonchev–Trinajstić information content (AvgIpc) is 2.90. The first-order valence-corrected chi connectivity index (χ1v) is 6.09. The minimum atomic E-state index is -0.726. The summed E-state index contributed by atoms with van der Waals surface area (Å²) in [6, 6.07) is 6.94. The Balaban J connectivity index is 1.82. The lowest BCUT2D eigenvalue weighted by atomic mass is 10.1. The van der Waals surface area contributed by atoms with Crippen molar-refractivity contribution in [1.82, 2.24) is 5.32 Å². The Labute approximate surface area is 106 Å². The lowest BCUT2D eigenvalue weighted by molar-refractivity contribution is -0.130. The van der Waals surface area contributed by atoms with Crippen LogP contribution in [-0.2, 0) is 9.53 Å². The van der Waals surface area contributed by atoms with Crippen LogP contribution in [0.1, 0.15) is 24.5 Å². The molecule has 0 radical (unpaired) electrons. The number of benzene rings is 1. The van der Waals surface area contributed by atoms with Gasteiger partial charge >= 0.3 is 0 Å². The van der Waals surface area contributed by atoms with Gasteiger partial charge in [0.15, 0.2) is 0 Å². The number of ether oxygens (including phenoxy) is 1. The van der Waals surface area contributed by atoms with Crippen molar-refractivity contribution in [3.63, 3.8) is 0 Å². The highest BCUT2D eigenvalue weighted by Gasteiger charge is 2.23. The molecule has 0 aromatic heterocycles. The van der Waals surface area contributed by atoms with Crippen molar-refractivity contribution in [3.05, 3.63) is 29.8 Å². The van der Waals surface area contributed by atoms with Gasteiger partial charge in [0, 0.05) is 18.8 Å². The number of nitrogen functional groups attached to an aromatic ring is 1. The highest BCUT2D eigenvalue weighted by atomic mass is 16.5. The number of hydrogen-bond donors (Lipinski definition) is 3. The van der Waals surface area contributed by atoms with Gasteiger partial charge in [-0.05, 0) is 30.5 Å². The zero-order valence-electron chi connectivity index (χ0n) is 10.1. The van der Waals surface area contributed by atoms with Gasteiger partial charge in [-0.1, -0.05) is 12.1 Å². The second-order valence-corrected chi connectivity index (χ2v) is 4.43. The Bertz CT molecular complexity index is 399. The largest absolute Gasteiger partial charge is 0.399 e. The van der Waals surface area contributed by atoms with Gasteiger partial charge in [0.25, 0.3) is 0 Å². The van der Waals surface area contributed by atoms with Crippen molar-refractivity contribution >= 4 is 11.6 Å². The highest BCUT2D eigenvalue weighted by Crippen LogP contribution is 2.15. The van der Waals surface area contributed by atoms with E-state index in [1.807, 2.05) is 0 Å². The van der Waals surface area contributed by atoms with Crippen LogP contribution in [0.3, 0.4) is 0 Å². The summed E-state index contributed by atoms with van der Waals surface area (Å²) < 4.78 is 5.26. The van der Waals surface area contributed by atoms with E-state index in [4.69, 9.17) is 10.5 Å². The van der Waals surface area contributed by atoms with Crippen LogP contribution in [0.15, 0.2) is 24.3 Å². The predicted molar refractivity (Wildman–Crippen MR) is 67.8 cm³/mol. The van der Waals surface area contributed by atoms with Gasteiger partial charge in [0.2, 0.25) is 5.91 Å². The van der Waals surface area contributed by atoms with Crippen LogP contribution < -0.4 is 11.1 Å². The molecule has 1 aromatic carbocycles. The molecule has 0 spiro atoms. The SMILES string of the molecule is Nc1ccc(C(O)CNC(=O)C2CCCO2)cc1. The summed E-state index contributed by atoms with van der Waals surface area (Å²) in [6.45, 7) is 0.821. The lowest BCUT2D eigenvalue weighted by Crippen LogP contribution is -2.36. The molecule has 0 aliphatic carbocycles. The van der Waals surface area contributed by atoms with Crippen LogP contribution in [0.25, 0.3) is 0 Å². The number of aliphatic hydroxyl groups is 1. The summed E-state index contributed by atoms with van der Waals surface area (Å²) in [5, 5.41) is 12.6. The van der Waals surface area contributed by atoms with E-state index in [0.29, 0.717) is 12.3 Å². The summed E-state index contributed by atoms with van der Waals surface area (Å²) in [5.41, 5.74) is 6.94. The number of carbonyl (C=O) groups is 1. The number of hydrogen-bond acceptors (Lipinski definition) is 4. The summed E-state index contributed by atoms with van der Waals surface area (Å²) in [6.07, 6.45) is 0.585. The molecule has 98 valence electrons. The van der Waals surface area contributed by atoms with Crippen molar-refractivity contribution in [2.75, 3.05) is 18.9 Å². The van der Waals surface area contributed by atoms with Gasteiger partial charge in [-0.2, -0.15) is 0 Å². The minimum absolute atomic E-state index is 0.151. The van der Waals surface area contributed by atoms with Crippen molar-refractivity contribution in [2.24, 2.45) is 0 Å². The molecule has 2 unspecified atom stereocenters. The molecule has 1 aromatic rings. The maximum atomic E-state index is 11.7. The molecule has 1 aliphatic rings. The fourth-order valence-corrected chi connectivity index (χ4v) is 1.93. The average molecular weight is 250 g/mol. The molecular formula is C13H18N2O3. The maximum absolute atomic E-state index is 11.7. The predicted octanol–water partition coefficient (Wildman–Crippen LogP) is 0.597. The van der Waals surface area contributed by atoms with Gasteiger partial charge in [-0.3, -0.25) is 4.79 Å². The summed E-state index contributed by atoms with van der Waals surface area (Å²) in [7, 11) is 0. The number of rotatable bonds is 4. The highest BCUT2D eigenvalue weighted by molar-refractivity contribution is 5.80. The van der Waals surface area contributed by atoms with Crippen LogP contribution >= 0.6 is 0 Å². The van der Waals surface area contributed by atoms with E-state index in [9.17, 15) is 9.90 Å². The third kappa shape index (κ3) is 3.21. The van der Waals surface area contributed by atoms with Gasteiger partial charge < -0.3 is 20.9 Å². The molecule has 1 fully saturated rings. The topological polar surface area (TPSA) is 84.6 Å². The second kappa shape index (κ2) is 5.84. The third-order valence-corrected chi connectivity index (χ3v) is 3.01. The number of amides is 1. The van der Waals surface area contributed by atoms with E-state index < -0.39 is 6.10 Å². The maximum Gasteiger partial charge on any atom is 0.249 e. The lowest BCUT2D eigenvalue weighted by Gasteiger charge is -2.14. The van der Waals surface area contributed by atoms with E-state index in [0.717, 1.165) is 18.4 Å². The molecule has 1 aliphatic heterocycles. The Morgan fingerprint density at radius 1 is 1.50 bits per heavy atom. The Morgan fingerprint density at radius 2 is 2.22 bits per heavy atom. The smallest absolute Gasteiger partial charge is 0.249 e. The first-order valence-electron chi connectivity index (χ1n) is 6.09. The van der Waals surface area contributed by atoms with Crippen LogP contribution in [0.5, 0.6) is 0 Å². The zero-order valence-corrected chi connectivity index (χ0v) is 10.1. The fourth-order valence-electron chi connectivity index (χ4n) is 1.93. The Hall–Kier alpha value is -1.59. The minimum Gasteiger partial charge on any atom is -0.399 e. The van der Waals surface area contributed by atoms with Crippen molar-refractivity contribution in [1.29, 1.82) is 0 Å². The number of anilines is 1. The van der Waals surface area contributed by atoms with Crippen LogP contribution in [0.2, 0.25) is 0 Å². The molecule has 0 bridgehead atoms. The third-order valence-electron chi connectivity index (χ3n) is 3.01. The summed E-state index contributed by atoms with van der Waals surface area (Å²) in [4.78, 5) is 11.7. The van der Waals surface area contributed by atoms with E-state index in [1.54, 1.807) is 24.3 Å². The first-order chi connectivity index (χ1) is 8.66. The van der Waals surface area contributed by atoms with Crippen LogP contribution in [0.4, 0.5) is 5.69 Å². The molecule has 4 N–H and O–H groups in total. The number of carbonyl (C=O) groups excluding carboxylic acids is 1. The Kier molecular flexibility index (Phi) is 4.17. The van der Waals surface area contributed by atoms with Crippen molar-refractivity contribution in [2.45, 2.75) is 25.0 Å². The molecule has 2 atom stereocenters. The molecule has 18 heavy (non-hydrogen) atoms. The molecule has 1 heterocycles. The van der Waals surface area contributed by atoms with Gasteiger partial charge in [0.1, 0.15) is 6.10 Å². The molecule has 5 heteroatoms. The fraction of sp³-hybridized carbons (Fsp3) is 0.462. The van der Waals surface area contributed by atoms with Crippen molar-refractivity contribution in [3.8, 4) is 0 Å². The molecule has 5 nitrogen and oxygen atoms in total. The quantitative estimate of drug-likeness (QED) is 0.683. The first kappa shape index (κ1) is 12.9. The number of nitrogens with one attached hydrogen (secondary N) is 1. The monoisotopic (exact) mass is 250 g/mol. The molecule has 1 amide bonds. The molecule has 2 rings (SSSR count). The molecule has 1 saturated heterocycles. The van der Waals surface area contributed by atoms with E-state index in [2.05, 4.69) is 5.32 Å². The molecular weight excluding hydrogens is 232 g/mol. The second-order valence-electron chi connectivity index (χ2n) is 4.43. The van der Waals surface area contributed by atoms with E-state index in [-0.39, 0.29) is 18.6 Å². The number of nitrogens with two attached hydrogens (primary N) is 1. The van der Waals surface area contributed by atoms with Gasteiger partial charge in [-0.25, -0.2) is 0 Å². The summed E-state index contributed by atoms with van der Waals surface area (Å²) >= 11 is 0. The number of aliphatic hydroxyl groups excluding tert-OH is 1. The zero-order chi connectivity index (χ0) is 13.0. The van der Waals surface area contributed by atoms with Crippen LogP contribution in [0, 0.1) is 0 Å². The van der Waals surface area contributed by atoms with Crippen LogP contribution in [-0.4, -0.2) is 30.3 Å². The van der Waals surface area contributed by atoms with E-state index >= 15 is 0 Å². The van der Waals surface area contributed by atoms with Gasteiger partial charge in [0.05, 0.1) is 6.10 Å². The molecule has 0 saturated carbocycles. The van der Waals surface area contributed by atoms with Crippen molar-refractivity contribution < 1.29 is 14.6 Å². The Morgan fingerprint density at radius 3 is 2.83 bits per heavy atom. The summed E-state index contributed by atoms with van der Waals surface area (Å²) in [5.74, 6) is -0.151. The van der Waals surface area contributed by atoms with E-state index in [1.165, 1.54) is 0 Å². The van der Waals surface area contributed by atoms with Gasteiger partial charge in [-0.15, -0.1) is 0 Å². The standard InChI is InChI=1S/C13H18N2O3/c14-10-5-3-9(4-6-10)11(16)8-15-13(17)12-2-1-7-18-12/h3-6,11-12,16H,1-2,7-8,14H2,(H,15,17). The normalized spacial score (nSPS) is 20.6.